The van der Waals surface area contributed by atoms with Gasteiger partial charge in [0.2, 0.25) is 0 Å². The van der Waals surface area contributed by atoms with Crippen LogP contribution in [0.1, 0.15) is 24.0 Å². The number of rotatable bonds is 4. The Morgan fingerprint density at radius 1 is 1.25 bits per heavy atom. The van der Waals surface area contributed by atoms with Gasteiger partial charge in [0, 0.05) is 28.1 Å². The summed E-state index contributed by atoms with van der Waals surface area (Å²) in [4.78, 5) is 0.615. The van der Waals surface area contributed by atoms with Crippen LogP contribution in [0.15, 0.2) is 56.4 Å². The summed E-state index contributed by atoms with van der Waals surface area (Å²) in [5.74, 6) is 2.02. The topological polar surface area (TPSA) is 55.6 Å². The van der Waals surface area contributed by atoms with Crippen LogP contribution in [0.3, 0.4) is 0 Å². The third kappa shape index (κ3) is 2.63. The molecule has 1 fully saturated rings. The molecule has 0 bridgehead atoms. The third-order valence-corrected chi connectivity index (χ3v) is 7.62. The Balaban J connectivity index is 1.59. The van der Waals surface area contributed by atoms with Crippen molar-refractivity contribution in [2.45, 2.75) is 29.6 Å². The van der Waals surface area contributed by atoms with Crippen molar-refractivity contribution >= 4 is 32.7 Å². The molecule has 1 atom stereocenters. The molecule has 1 saturated carbocycles. The van der Waals surface area contributed by atoms with Crippen molar-refractivity contribution in [1.29, 1.82) is 0 Å². The Labute approximate surface area is 174 Å². The van der Waals surface area contributed by atoms with Crippen LogP contribution in [0.2, 0.25) is 0 Å². The van der Waals surface area contributed by atoms with Crippen molar-refractivity contribution in [3.63, 3.8) is 0 Å². The summed E-state index contributed by atoms with van der Waals surface area (Å²) in [5, 5.41) is 4.32. The lowest BCUT2D eigenvalue weighted by Crippen LogP contribution is -2.24. The molecular formula is C21H19BrN2O3S. The van der Waals surface area contributed by atoms with Gasteiger partial charge in [0.05, 0.1) is 7.11 Å². The zero-order chi connectivity index (χ0) is 19.5. The fraction of sp³-hybridized carbons (Fsp3) is 0.286. The molecule has 2 aromatic carbocycles. The summed E-state index contributed by atoms with van der Waals surface area (Å²) in [7, 11) is 1.91. The van der Waals surface area contributed by atoms with E-state index in [9.17, 15) is 4.21 Å². The van der Waals surface area contributed by atoms with Crippen molar-refractivity contribution < 1.29 is 13.5 Å². The first-order valence-corrected chi connectivity index (χ1v) is 11.0. The second-order valence-electron chi connectivity index (χ2n) is 7.36. The minimum absolute atomic E-state index is 0.163. The van der Waals surface area contributed by atoms with Crippen LogP contribution in [0.5, 0.6) is 5.75 Å². The van der Waals surface area contributed by atoms with Crippen molar-refractivity contribution in [1.82, 2.24) is 5.16 Å². The van der Waals surface area contributed by atoms with Gasteiger partial charge in [-0.3, -0.25) is 4.31 Å². The lowest BCUT2D eigenvalue weighted by Gasteiger charge is -2.26. The molecule has 1 heterocycles. The Morgan fingerprint density at radius 2 is 2.04 bits per heavy atom. The quantitative estimate of drug-likeness (QED) is 0.559. The predicted molar refractivity (Wildman–Crippen MR) is 112 cm³/mol. The van der Waals surface area contributed by atoms with Crippen LogP contribution in [-0.2, 0) is 22.8 Å². The van der Waals surface area contributed by atoms with Crippen LogP contribution in [0.25, 0.3) is 11.3 Å². The Kier molecular flexibility index (Phi) is 4.14. The number of halogens is 1. The van der Waals surface area contributed by atoms with E-state index in [-0.39, 0.29) is 5.41 Å². The summed E-state index contributed by atoms with van der Waals surface area (Å²) in [6, 6.07) is 13.7. The van der Waals surface area contributed by atoms with Gasteiger partial charge in [-0.2, -0.15) is 0 Å². The molecule has 5 nitrogen and oxygen atoms in total. The second kappa shape index (κ2) is 6.46. The Bertz CT molecular complexity index is 1110. The van der Waals surface area contributed by atoms with E-state index >= 15 is 0 Å². The number of fused-ring (bicyclic) bond motifs is 4. The highest BCUT2D eigenvalue weighted by atomic mass is 79.9. The van der Waals surface area contributed by atoms with Gasteiger partial charge in [-0.25, -0.2) is 4.21 Å². The van der Waals surface area contributed by atoms with E-state index < -0.39 is 11.0 Å². The molecule has 1 spiro atoms. The SMILES string of the molecule is COc1ccccc1S(=O)N(C)c1noc2c1CC1(CC1)c1ccc(Br)cc1-2. The molecule has 144 valence electrons. The van der Waals surface area contributed by atoms with E-state index in [1.807, 2.05) is 24.3 Å². The monoisotopic (exact) mass is 458 g/mol. The smallest absolute Gasteiger partial charge is 0.187 e. The molecular weight excluding hydrogens is 440 g/mol. The maximum atomic E-state index is 13.3. The highest BCUT2D eigenvalue weighted by molar-refractivity contribution is 9.10. The molecule has 5 rings (SSSR count). The molecule has 28 heavy (non-hydrogen) atoms. The number of hydrogen-bond donors (Lipinski definition) is 0. The van der Waals surface area contributed by atoms with Crippen LogP contribution < -0.4 is 9.04 Å². The van der Waals surface area contributed by atoms with Gasteiger partial charge in [-0.1, -0.05) is 39.3 Å². The van der Waals surface area contributed by atoms with E-state index in [1.54, 1.807) is 18.5 Å². The van der Waals surface area contributed by atoms with Crippen LogP contribution >= 0.6 is 15.9 Å². The number of anilines is 1. The predicted octanol–water partition coefficient (Wildman–Crippen LogP) is 4.86. The summed E-state index contributed by atoms with van der Waals surface area (Å²) < 4.78 is 27.1. The highest BCUT2D eigenvalue weighted by Crippen LogP contribution is 2.58. The normalized spacial score (nSPS) is 17.0. The van der Waals surface area contributed by atoms with Gasteiger partial charge in [-0.05, 0) is 49.1 Å². The maximum Gasteiger partial charge on any atom is 0.187 e. The van der Waals surface area contributed by atoms with E-state index in [0.717, 1.165) is 40.6 Å². The number of aromatic nitrogens is 1. The lowest BCUT2D eigenvalue weighted by molar-refractivity contribution is 0.404. The fourth-order valence-corrected chi connectivity index (χ4v) is 5.58. The molecule has 0 aliphatic heterocycles. The highest BCUT2D eigenvalue weighted by Gasteiger charge is 2.50. The molecule has 3 aromatic rings. The van der Waals surface area contributed by atoms with Gasteiger partial charge in [0.25, 0.3) is 0 Å². The average Bonchev–Trinajstić information content (AvgIpc) is 3.35. The fourth-order valence-electron chi connectivity index (χ4n) is 4.11. The van der Waals surface area contributed by atoms with Crippen molar-refractivity contribution in [2.24, 2.45) is 0 Å². The number of benzene rings is 2. The number of hydrogen-bond acceptors (Lipinski definition) is 4. The molecule has 0 saturated heterocycles. The summed E-state index contributed by atoms with van der Waals surface area (Å²) >= 11 is 3.57. The van der Waals surface area contributed by atoms with Gasteiger partial charge in [-0.15, -0.1) is 0 Å². The third-order valence-electron chi connectivity index (χ3n) is 5.74. The molecule has 7 heteroatoms. The largest absolute Gasteiger partial charge is 0.495 e. The van der Waals surface area contributed by atoms with Crippen molar-refractivity contribution in [2.75, 3.05) is 18.5 Å². The average molecular weight is 459 g/mol. The Morgan fingerprint density at radius 3 is 2.79 bits per heavy atom. The summed E-state index contributed by atoms with van der Waals surface area (Å²) in [6.45, 7) is 0. The van der Waals surface area contributed by atoms with Gasteiger partial charge in [0.1, 0.15) is 10.6 Å². The zero-order valence-electron chi connectivity index (χ0n) is 15.6. The number of nitrogens with zero attached hydrogens (tertiary/aromatic N) is 2. The molecule has 1 aromatic heterocycles. The zero-order valence-corrected chi connectivity index (χ0v) is 18.0. The number of para-hydroxylation sites is 1. The van der Waals surface area contributed by atoms with E-state index in [0.29, 0.717) is 16.5 Å². The van der Waals surface area contributed by atoms with Crippen LogP contribution in [0, 0.1) is 0 Å². The lowest BCUT2D eigenvalue weighted by atomic mass is 9.79. The molecule has 2 aliphatic rings. The van der Waals surface area contributed by atoms with Crippen LogP contribution in [0.4, 0.5) is 5.82 Å². The van der Waals surface area contributed by atoms with Gasteiger partial charge >= 0.3 is 0 Å². The summed E-state index contributed by atoms with van der Waals surface area (Å²) in [5.41, 5.74) is 3.62. The van der Waals surface area contributed by atoms with Crippen molar-refractivity contribution in [3.05, 3.63) is 58.1 Å². The van der Waals surface area contributed by atoms with E-state index in [4.69, 9.17) is 9.26 Å². The molecule has 2 aliphatic carbocycles. The van der Waals surface area contributed by atoms with Gasteiger partial charge < -0.3 is 9.26 Å². The molecule has 1 unspecified atom stereocenters. The molecule has 0 radical (unpaired) electrons. The minimum Gasteiger partial charge on any atom is -0.495 e. The standard InChI is InChI=1S/C21H19BrN2O3S/c1-24(28(25)18-6-4-3-5-17(18)26-2)20-15-12-21(9-10-21)16-8-7-13(22)11-14(16)19(15)27-23-20/h3-8,11H,9-10,12H2,1-2H3. The number of methoxy groups -OCH3 is 1. The summed E-state index contributed by atoms with van der Waals surface area (Å²) in [6.07, 6.45) is 3.18. The van der Waals surface area contributed by atoms with E-state index in [2.05, 4.69) is 39.3 Å². The molecule has 0 N–H and O–H groups in total. The van der Waals surface area contributed by atoms with Crippen LogP contribution in [-0.4, -0.2) is 23.5 Å². The Hall–Kier alpha value is -2.12. The van der Waals surface area contributed by atoms with E-state index in [1.165, 1.54) is 5.56 Å². The molecule has 0 amide bonds. The minimum atomic E-state index is -1.46. The number of ether oxygens (including phenoxy) is 1. The first-order chi connectivity index (χ1) is 13.5. The maximum absolute atomic E-state index is 13.3. The van der Waals surface area contributed by atoms with Crippen molar-refractivity contribution in [3.8, 4) is 17.1 Å². The first kappa shape index (κ1) is 17.9. The first-order valence-electron chi connectivity index (χ1n) is 9.12. The van der Waals surface area contributed by atoms with Gasteiger partial charge in [0.15, 0.2) is 22.6 Å². The second-order valence-corrected chi connectivity index (χ2v) is 9.76.